The number of hydrogen-bond donors (Lipinski definition) is 1. The number of benzene rings is 1. The molecule has 0 bridgehead atoms. The zero-order valence-corrected chi connectivity index (χ0v) is 11.3. The average molecular weight is 260 g/mol. The lowest BCUT2D eigenvalue weighted by Gasteiger charge is -2.18. The molecule has 1 aliphatic carbocycles. The fraction of sp³-hybridized carbons (Fsp3) is 0.533. The van der Waals surface area contributed by atoms with Crippen LogP contribution in [0.15, 0.2) is 24.3 Å². The molecule has 102 valence electrons. The minimum absolute atomic E-state index is 0.161. The van der Waals surface area contributed by atoms with Gasteiger partial charge in [0.05, 0.1) is 6.10 Å². The number of carbonyl (C=O) groups is 1. The van der Waals surface area contributed by atoms with Crippen LogP contribution in [0.2, 0.25) is 0 Å². The summed E-state index contributed by atoms with van der Waals surface area (Å²) in [6.07, 6.45) is 3.50. The molecule has 0 aromatic heterocycles. The molecule has 3 rings (SSSR count). The number of nitrogens with one attached hydrogen (secondary N) is 1. The maximum atomic E-state index is 11.7. The third kappa shape index (κ3) is 2.89. The predicted octanol–water partition coefficient (Wildman–Crippen LogP) is 2.26. The van der Waals surface area contributed by atoms with Crippen molar-refractivity contribution in [1.82, 2.24) is 0 Å². The first-order valence-electron chi connectivity index (χ1n) is 6.95. The topological polar surface area (TPSA) is 41.6 Å². The Balaban J connectivity index is 1.60. The Hall–Kier alpha value is -1.55. The molecule has 2 fully saturated rings. The summed E-state index contributed by atoms with van der Waals surface area (Å²) in [5.74, 6) is 0.411. The first-order valence-corrected chi connectivity index (χ1v) is 6.95. The molecule has 0 spiro atoms. The Morgan fingerprint density at radius 1 is 1.26 bits per heavy atom. The van der Waals surface area contributed by atoms with Crippen molar-refractivity contribution < 1.29 is 9.53 Å². The zero-order valence-electron chi connectivity index (χ0n) is 11.3. The van der Waals surface area contributed by atoms with Gasteiger partial charge in [0, 0.05) is 37.5 Å². The number of anilines is 2. The van der Waals surface area contributed by atoms with Crippen LogP contribution in [-0.2, 0) is 9.53 Å². The number of amides is 1. The molecule has 19 heavy (non-hydrogen) atoms. The van der Waals surface area contributed by atoms with Gasteiger partial charge in [-0.25, -0.2) is 0 Å². The number of rotatable bonds is 4. The minimum Gasteiger partial charge on any atom is -0.380 e. The average Bonchev–Trinajstić information content (AvgIpc) is 3.18. The lowest BCUT2D eigenvalue weighted by atomic mass is 10.2. The summed E-state index contributed by atoms with van der Waals surface area (Å²) in [5.41, 5.74) is 2.09. The van der Waals surface area contributed by atoms with E-state index in [0.717, 1.165) is 38.0 Å². The highest BCUT2D eigenvalue weighted by atomic mass is 16.5. The van der Waals surface area contributed by atoms with E-state index >= 15 is 0 Å². The molecule has 1 atom stereocenters. The maximum absolute atomic E-state index is 11.7. The molecule has 1 aliphatic heterocycles. The van der Waals surface area contributed by atoms with E-state index in [2.05, 4.69) is 22.3 Å². The summed E-state index contributed by atoms with van der Waals surface area (Å²) < 4.78 is 5.37. The van der Waals surface area contributed by atoms with Gasteiger partial charge in [0.25, 0.3) is 0 Å². The quantitative estimate of drug-likeness (QED) is 0.903. The Kier molecular flexibility index (Phi) is 3.42. The van der Waals surface area contributed by atoms with Gasteiger partial charge in [0.1, 0.15) is 0 Å². The molecular weight excluding hydrogens is 240 g/mol. The van der Waals surface area contributed by atoms with Gasteiger partial charge >= 0.3 is 0 Å². The van der Waals surface area contributed by atoms with Crippen molar-refractivity contribution in [3.8, 4) is 0 Å². The Bertz CT molecular complexity index is 454. The molecule has 4 nitrogen and oxygen atoms in total. The number of methoxy groups -OCH3 is 1. The van der Waals surface area contributed by atoms with Crippen LogP contribution in [0.3, 0.4) is 0 Å². The number of carbonyl (C=O) groups excluding carboxylic acids is 1. The Labute approximate surface area is 113 Å². The summed E-state index contributed by atoms with van der Waals surface area (Å²) in [6, 6.07) is 8.10. The third-order valence-electron chi connectivity index (χ3n) is 3.93. The van der Waals surface area contributed by atoms with E-state index in [1.54, 1.807) is 7.11 Å². The molecule has 1 saturated carbocycles. The van der Waals surface area contributed by atoms with Crippen LogP contribution < -0.4 is 10.2 Å². The molecule has 1 N–H and O–H groups in total. The second kappa shape index (κ2) is 5.21. The van der Waals surface area contributed by atoms with Crippen LogP contribution >= 0.6 is 0 Å². The van der Waals surface area contributed by atoms with Crippen LogP contribution in [-0.4, -0.2) is 32.2 Å². The summed E-state index contributed by atoms with van der Waals surface area (Å²) in [7, 11) is 1.77. The van der Waals surface area contributed by atoms with Gasteiger partial charge in [0.15, 0.2) is 0 Å². The Morgan fingerprint density at radius 2 is 2.00 bits per heavy atom. The molecule has 1 saturated heterocycles. The van der Waals surface area contributed by atoms with Crippen molar-refractivity contribution in [2.45, 2.75) is 25.4 Å². The van der Waals surface area contributed by atoms with E-state index in [-0.39, 0.29) is 11.8 Å². The largest absolute Gasteiger partial charge is 0.380 e. The third-order valence-corrected chi connectivity index (χ3v) is 3.93. The minimum atomic E-state index is 0.161. The molecule has 1 amide bonds. The van der Waals surface area contributed by atoms with Crippen molar-refractivity contribution in [3.63, 3.8) is 0 Å². The van der Waals surface area contributed by atoms with Crippen LogP contribution in [0.4, 0.5) is 11.4 Å². The molecule has 1 heterocycles. The zero-order chi connectivity index (χ0) is 13.2. The maximum Gasteiger partial charge on any atom is 0.227 e. The van der Waals surface area contributed by atoms with Gasteiger partial charge in [-0.15, -0.1) is 0 Å². The normalized spacial score (nSPS) is 22.6. The fourth-order valence-electron chi connectivity index (χ4n) is 2.50. The van der Waals surface area contributed by atoms with Crippen molar-refractivity contribution in [2.24, 2.45) is 5.92 Å². The monoisotopic (exact) mass is 260 g/mol. The highest BCUT2D eigenvalue weighted by Crippen LogP contribution is 2.30. The first-order chi connectivity index (χ1) is 9.26. The number of nitrogens with zero attached hydrogens (tertiary/aromatic N) is 1. The van der Waals surface area contributed by atoms with Gasteiger partial charge < -0.3 is 15.0 Å². The smallest absolute Gasteiger partial charge is 0.227 e. The molecular formula is C15H20N2O2. The Morgan fingerprint density at radius 3 is 2.58 bits per heavy atom. The second-order valence-corrected chi connectivity index (χ2v) is 5.40. The molecule has 0 radical (unpaired) electrons. The van der Waals surface area contributed by atoms with Crippen LogP contribution in [0, 0.1) is 5.92 Å². The lowest BCUT2D eigenvalue weighted by Crippen LogP contribution is -2.22. The summed E-state index contributed by atoms with van der Waals surface area (Å²) in [6.45, 7) is 1.98. The van der Waals surface area contributed by atoms with E-state index in [0.29, 0.717) is 6.10 Å². The molecule has 1 aromatic carbocycles. The molecule has 0 unspecified atom stereocenters. The first kappa shape index (κ1) is 12.5. The van der Waals surface area contributed by atoms with Crippen LogP contribution in [0.5, 0.6) is 0 Å². The standard InChI is InChI=1S/C15H20N2O2/c1-19-14-8-9-17(10-14)13-6-4-12(5-7-13)16-15(18)11-2-3-11/h4-7,11,14H,2-3,8-10H2,1H3,(H,16,18)/t14-/m1/s1. The summed E-state index contributed by atoms with van der Waals surface area (Å²) in [4.78, 5) is 14.0. The van der Waals surface area contributed by atoms with E-state index in [9.17, 15) is 4.79 Å². The van der Waals surface area contributed by atoms with E-state index < -0.39 is 0 Å². The van der Waals surface area contributed by atoms with Crippen molar-refractivity contribution in [1.29, 1.82) is 0 Å². The number of ether oxygens (including phenoxy) is 1. The van der Waals surface area contributed by atoms with Crippen molar-refractivity contribution in [2.75, 3.05) is 30.4 Å². The lowest BCUT2D eigenvalue weighted by molar-refractivity contribution is -0.117. The van der Waals surface area contributed by atoms with Gasteiger partial charge in [0.2, 0.25) is 5.91 Å². The van der Waals surface area contributed by atoms with Crippen molar-refractivity contribution in [3.05, 3.63) is 24.3 Å². The number of hydrogen-bond acceptors (Lipinski definition) is 3. The fourth-order valence-corrected chi connectivity index (χ4v) is 2.50. The van der Waals surface area contributed by atoms with E-state index in [4.69, 9.17) is 4.74 Å². The van der Waals surface area contributed by atoms with Gasteiger partial charge in [-0.3, -0.25) is 4.79 Å². The molecule has 4 heteroatoms. The van der Waals surface area contributed by atoms with E-state index in [1.165, 1.54) is 5.69 Å². The molecule has 1 aromatic rings. The highest BCUT2D eigenvalue weighted by Gasteiger charge is 2.29. The van der Waals surface area contributed by atoms with Gasteiger partial charge in [-0.05, 0) is 43.5 Å². The van der Waals surface area contributed by atoms with E-state index in [1.807, 2.05) is 12.1 Å². The SMILES string of the molecule is CO[C@@H]1CCN(c2ccc(NC(=O)C3CC3)cc2)C1. The van der Waals surface area contributed by atoms with Gasteiger partial charge in [-0.2, -0.15) is 0 Å². The van der Waals surface area contributed by atoms with Crippen molar-refractivity contribution >= 4 is 17.3 Å². The van der Waals surface area contributed by atoms with Crippen LogP contribution in [0.1, 0.15) is 19.3 Å². The predicted molar refractivity (Wildman–Crippen MR) is 75.4 cm³/mol. The molecule has 2 aliphatic rings. The summed E-state index contributed by atoms with van der Waals surface area (Å²) in [5, 5.41) is 2.96. The van der Waals surface area contributed by atoms with Gasteiger partial charge in [-0.1, -0.05) is 0 Å². The summed E-state index contributed by atoms with van der Waals surface area (Å²) >= 11 is 0. The highest BCUT2D eigenvalue weighted by molar-refractivity contribution is 5.94. The van der Waals surface area contributed by atoms with Crippen LogP contribution in [0.25, 0.3) is 0 Å². The second-order valence-electron chi connectivity index (χ2n) is 5.40.